The Kier molecular flexibility index (Phi) is 7.11. The smallest absolute Gasteiger partial charge is 0.234 e. The Morgan fingerprint density at radius 3 is 2.61 bits per heavy atom. The van der Waals surface area contributed by atoms with E-state index in [0.717, 1.165) is 17.3 Å². The molecule has 28 heavy (non-hydrogen) atoms. The first kappa shape index (κ1) is 20.4. The molecule has 3 rings (SSSR count). The number of amides is 1. The Labute approximate surface area is 172 Å². The van der Waals surface area contributed by atoms with Crippen molar-refractivity contribution in [3.63, 3.8) is 0 Å². The Hall–Kier alpha value is -2.32. The molecule has 0 saturated heterocycles. The molecule has 0 fully saturated rings. The highest BCUT2D eigenvalue weighted by atomic mass is 32.2. The van der Waals surface area contributed by atoms with Gasteiger partial charge in [-0.05, 0) is 24.6 Å². The van der Waals surface area contributed by atoms with E-state index in [2.05, 4.69) is 46.7 Å². The molecular formula is C20H21FN4OS2. The van der Waals surface area contributed by atoms with Crippen LogP contribution in [-0.4, -0.2) is 26.4 Å². The van der Waals surface area contributed by atoms with Crippen molar-refractivity contribution in [3.05, 3.63) is 71.3 Å². The van der Waals surface area contributed by atoms with E-state index in [1.165, 1.54) is 35.0 Å². The number of thioether (sulfide) groups is 2. The number of benzene rings is 2. The summed E-state index contributed by atoms with van der Waals surface area (Å²) in [7, 11) is 1.89. The highest BCUT2D eigenvalue weighted by Gasteiger charge is 2.12. The van der Waals surface area contributed by atoms with Crippen molar-refractivity contribution in [1.29, 1.82) is 0 Å². The molecule has 0 saturated carbocycles. The largest absolute Gasteiger partial charge is 0.323 e. The molecular weight excluding hydrogens is 395 g/mol. The van der Waals surface area contributed by atoms with E-state index in [9.17, 15) is 9.18 Å². The fourth-order valence-electron chi connectivity index (χ4n) is 2.42. The highest BCUT2D eigenvalue weighted by molar-refractivity contribution is 7.99. The van der Waals surface area contributed by atoms with Crippen molar-refractivity contribution in [2.75, 3.05) is 11.1 Å². The van der Waals surface area contributed by atoms with Crippen LogP contribution in [0.1, 0.15) is 17.0 Å². The van der Waals surface area contributed by atoms with Gasteiger partial charge in [-0.25, -0.2) is 4.39 Å². The normalized spacial score (nSPS) is 10.8. The third-order valence-corrected chi connectivity index (χ3v) is 6.05. The van der Waals surface area contributed by atoms with Crippen molar-refractivity contribution in [1.82, 2.24) is 14.8 Å². The molecule has 0 aliphatic heterocycles. The molecule has 5 nitrogen and oxygen atoms in total. The van der Waals surface area contributed by atoms with E-state index in [-0.39, 0.29) is 17.3 Å². The fraction of sp³-hybridized carbons (Fsp3) is 0.250. The lowest BCUT2D eigenvalue weighted by Crippen LogP contribution is -2.15. The Balaban J connectivity index is 1.48. The van der Waals surface area contributed by atoms with Crippen molar-refractivity contribution in [3.8, 4) is 0 Å². The second-order valence-corrected chi connectivity index (χ2v) is 8.18. The summed E-state index contributed by atoms with van der Waals surface area (Å²) in [5.74, 6) is 1.89. The van der Waals surface area contributed by atoms with Crippen LogP contribution >= 0.6 is 23.5 Å². The van der Waals surface area contributed by atoms with Crippen LogP contribution in [0.25, 0.3) is 0 Å². The molecule has 1 amide bonds. The number of carbonyl (C=O) groups excluding carboxylic acids is 1. The summed E-state index contributed by atoms with van der Waals surface area (Å²) in [6.07, 6.45) is 0. The Morgan fingerprint density at radius 2 is 1.86 bits per heavy atom. The number of anilines is 1. The summed E-state index contributed by atoms with van der Waals surface area (Å²) in [4.78, 5) is 12.0. The van der Waals surface area contributed by atoms with E-state index in [1.807, 2.05) is 11.6 Å². The predicted molar refractivity (Wildman–Crippen MR) is 113 cm³/mol. The molecule has 146 valence electrons. The van der Waals surface area contributed by atoms with Gasteiger partial charge in [0.15, 0.2) is 5.16 Å². The molecule has 0 atom stereocenters. The van der Waals surface area contributed by atoms with Gasteiger partial charge in [-0.15, -0.1) is 22.0 Å². The summed E-state index contributed by atoms with van der Waals surface area (Å²) < 4.78 is 15.5. The topological polar surface area (TPSA) is 59.8 Å². The minimum atomic E-state index is -0.451. The number of nitrogens with one attached hydrogen (secondary N) is 1. The minimum Gasteiger partial charge on any atom is -0.323 e. The molecule has 0 radical (unpaired) electrons. The molecule has 0 aliphatic carbocycles. The van der Waals surface area contributed by atoms with E-state index in [1.54, 1.807) is 23.9 Å². The number of hydrogen-bond acceptors (Lipinski definition) is 5. The van der Waals surface area contributed by atoms with Crippen LogP contribution in [0.3, 0.4) is 0 Å². The zero-order valence-corrected chi connectivity index (χ0v) is 17.3. The SMILES string of the molecule is Cc1ccc(CSCc2nnc(SCC(=O)Nc3ccccc3F)n2C)cc1. The second kappa shape index (κ2) is 9.75. The predicted octanol–water partition coefficient (Wildman–Crippen LogP) is 4.43. The van der Waals surface area contributed by atoms with Gasteiger partial charge in [-0.3, -0.25) is 4.79 Å². The lowest BCUT2D eigenvalue weighted by Gasteiger charge is -2.06. The summed E-state index contributed by atoms with van der Waals surface area (Å²) in [5, 5.41) is 11.6. The van der Waals surface area contributed by atoms with E-state index >= 15 is 0 Å². The van der Waals surface area contributed by atoms with Gasteiger partial charge in [0, 0.05) is 12.8 Å². The molecule has 0 unspecified atom stereocenters. The van der Waals surface area contributed by atoms with Gasteiger partial charge in [0.2, 0.25) is 5.91 Å². The first-order valence-corrected chi connectivity index (χ1v) is 10.9. The molecule has 2 aromatic carbocycles. The first-order chi connectivity index (χ1) is 13.5. The number of nitrogens with zero attached hydrogens (tertiary/aromatic N) is 3. The van der Waals surface area contributed by atoms with E-state index in [0.29, 0.717) is 5.16 Å². The first-order valence-electron chi connectivity index (χ1n) is 8.71. The molecule has 8 heteroatoms. The van der Waals surface area contributed by atoms with Crippen LogP contribution in [0, 0.1) is 12.7 Å². The van der Waals surface area contributed by atoms with Crippen molar-refractivity contribution in [2.24, 2.45) is 7.05 Å². The van der Waals surface area contributed by atoms with Crippen LogP contribution in [-0.2, 0) is 23.3 Å². The van der Waals surface area contributed by atoms with Gasteiger partial charge >= 0.3 is 0 Å². The molecule has 0 aliphatic rings. The zero-order chi connectivity index (χ0) is 19.9. The minimum absolute atomic E-state index is 0.136. The number of hydrogen-bond donors (Lipinski definition) is 1. The molecule has 0 spiro atoms. The van der Waals surface area contributed by atoms with Crippen molar-refractivity contribution >= 4 is 35.1 Å². The highest BCUT2D eigenvalue weighted by Crippen LogP contribution is 2.21. The summed E-state index contributed by atoms with van der Waals surface area (Å²) in [6.45, 7) is 2.08. The quantitative estimate of drug-likeness (QED) is 0.551. The van der Waals surface area contributed by atoms with Gasteiger partial charge in [0.25, 0.3) is 0 Å². The number of para-hydroxylation sites is 1. The van der Waals surface area contributed by atoms with Crippen LogP contribution in [0.4, 0.5) is 10.1 Å². The Bertz CT molecular complexity index is 944. The third kappa shape index (κ3) is 5.59. The molecule has 0 bridgehead atoms. The van der Waals surface area contributed by atoms with Gasteiger partial charge in [0.05, 0.1) is 17.2 Å². The molecule has 1 N–H and O–H groups in total. The zero-order valence-electron chi connectivity index (χ0n) is 15.7. The summed E-state index contributed by atoms with van der Waals surface area (Å²) in [6, 6.07) is 14.6. The average Bonchev–Trinajstić information content (AvgIpc) is 3.03. The third-order valence-electron chi connectivity index (χ3n) is 4.03. The molecule has 3 aromatic rings. The van der Waals surface area contributed by atoms with E-state index in [4.69, 9.17) is 0 Å². The fourth-order valence-corrected chi connectivity index (χ4v) is 4.11. The number of aromatic nitrogens is 3. The maximum Gasteiger partial charge on any atom is 0.234 e. The number of carbonyl (C=O) groups is 1. The monoisotopic (exact) mass is 416 g/mol. The van der Waals surface area contributed by atoms with Crippen molar-refractivity contribution < 1.29 is 9.18 Å². The van der Waals surface area contributed by atoms with E-state index < -0.39 is 5.82 Å². The maximum absolute atomic E-state index is 13.6. The lowest BCUT2D eigenvalue weighted by molar-refractivity contribution is -0.113. The van der Waals surface area contributed by atoms with Gasteiger partial charge in [-0.1, -0.05) is 53.7 Å². The van der Waals surface area contributed by atoms with Crippen molar-refractivity contribution in [2.45, 2.75) is 23.6 Å². The van der Waals surface area contributed by atoms with Crippen LogP contribution < -0.4 is 5.32 Å². The van der Waals surface area contributed by atoms with Crippen LogP contribution in [0.5, 0.6) is 0 Å². The number of rotatable bonds is 8. The van der Waals surface area contributed by atoms with Gasteiger partial charge < -0.3 is 9.88 Å². The van der Waals surface area contributed by atoms with Crippen LogP contribution in [0.2, 0.25) is 0 Å². The molecule has 1 aromatic heterocycles. The lowest BCUT2D eigenvalue weighted by atomic mass is 10.2. The molecule has 1 heterocycles. The van der Waals surface area contributed by atoms with Gasteiger partial charge in [-0.2, -0.15) is 0 Å². The van der Waals surface area contributed by atoms with Crippen LogP contribution in [0.15, 0.2) is 53.7 Å². The maximum atomic E-state index is 13.6. The Morgan fingerprint density at radius 1 is 1.11 bits per heavy atom. The summed E-state index contributed by atoms with van der Waals surface area (Å²) >= 11 is 3.05. The number of aryl methyl sites for hydroxylation is 1. The van der Waals surface area contributed by atoms with Gasteiger partial charge in [0.1, 0.15) is 11.6 Å². The average molecular weight is 417 g/mol. The standard InChI is InChI=1S/C20H21FN4OS2/c1-14-7-9-15(10-8-14)11-27-12-18-23-24-20(25(18)2)28-13-19(26)22-17-6-4-3-5-16(17)21/h3-10H,11-13H2,1-2H3,(H,22,26). The second-order valence-electron chi connectivity index (χ2n) is 6.25. The summed E-state index contributed by atoms with van der Waals surface area (Å²) in [5.41, 5.74) is 2.71. The number of halogens is 1.